The normalized spacial score (nSPS) is 11.9. The van der Waals surface area contributed by atoms with Gasteiger partial charge in [-0.2, -0.15) is 0 Å². The maximum Gasteiger partial charge on any atom is 0.573 e. The van der Waals surface area contributed by atoms with Crippen molar-refractivity contribution in [3.8, 4) is 5.75 Å². The predicted octanol–water partition coefficient (Wildman–Crippen LogP) is 3.26. The summed E-state index contributed by atoms with van der Waals surface area (Å²) >= 11 is 2.76. The number of hydrogen-bond donors (Lipinski definition) is 1. The quantitative estimate of drug-likeness (QED) is 0.853. The maximum atomic E-state index is 12.3. The second-order valence-corrected chi connectivity index (χ2v) is 3.44. The van der Waals surface area contributed by atoms with E-state index in [0.29, 0.717) is 6.07 Å². The van der Waals surface area contributed by atoms with Crippen molar-refractivity contribution < 1.29 is 26.7 Å². The van der Waals surface area contributed by atoms with Crippen molar-refractivity contribution in [1.29, 1.82) is 0 Å². The fraction of sp³-hybridized carbons (Fsp3) is 0.286. The molecule has 1 aromatic rings. The summed E-state index contributed by atoms with van der Waals surface area (Å²) in [7, 11) is 0. The van der Waals surface area contributed by atoms with Crippen LogP contribution in [0.15, 0.2) is 10.5 Å². The highest BCUT2D eigenvalue weighted by molar-refractivity contribution is 9.10. The highest BCUT2D eigenvalue weighted by atomic mass is 79.9. The number of alkyl halides is 5. The monoisotopic (exact) mass is 306 g/mol. The molecule has 0 radical (unpaired) electrons. The third-order valence-electron chi connectivity index (χ3n) is 1.43. The smallest absolute Gasteiger partial charge is 0.404 e. The Morgan fingerprint density at radius 1 is 1.38 bits per heavy atom. The molecule has 1 rings (SSSR count). The van der Waals surface area contributed by atoms with E-state index in [2.05, 4.69) is 25.7 Å². The lowest BCUT2D eigenvalue weighted by atomic mass is 10.3. The number of rotatable bonds is 2. The fourth-order valence-electron chi connectivity index (χ4n) is 0.864. The van der Waals surface area contributed by atoms with Crippen LogP contribution < -0.4 is 10.5 Å². The van der Waals surface area contributed by atoms with E-state index in [1.165, 1.54) is 0 Å². The molecule has 0 atom stereocenters. The number of nitrogens with zero attached hydrogens (tertiary/aromatic N) is 1. The summed E-state index contributed by atoms with van der Waals surface area (Å²) in [5.74, 6) is -1.42. The minimum atomic E-state index is -5.07. The summed E-state index contributed by atoms with van der Waals surface area (Å²) < 4.78 is 63.6. The summed E-state index contributed by atoms with van der Waals surface area (Å²) in [5, 5.41) is 0. The molecular weight excluding hydrogens is 303 g/mol. The van der Waals surface area contributed by atoms with Crippen molar-refractivity contribution in [2.45, 2.75) is 12.8 Å². The Hall–Kier alpha value is -1.12. The SMILES string of the molecule is Nc1nc(C(F)F)c(OC(F)(F)F)cc1Br. The van der Waals surface area contributed by atoms with E-state index in [9.17, 15) is 22.0 Å². The van der Waals surface area contributed by atoms with Gasteiger partial charge in [-0.05, 0) is 15.9 Å². The number of hydrogen-bond acceptors (Lipinski definition) is 3. The molecular formula is C7H4BrF5N2O. The summed E-state index contributed by atoms with van der Waals surface area (Å²) in [6, 6.07) is 0.692. The van der Waals surface area contributed by atoms with E-state index in [0.717, 1.165) is 0 Å². The lowest BCUT2D eigenvalue weighted by Crippen LogP contribution is -2.19. The molecule has 0 unspecified atom stereocenters. The Labute approximate surface area is 94.5 Å². The third kappa shape index (κ3) is 3.19. The van der Waals surface area contributed by atoms with Crippen LogP contribution >= 0.6 is 15.9 Å². The zero-order chi connectivity index (χ0) is 12.5. The van der Waals surface area contributed by atoms with Crippen LogP contribution in [0.1, 0.15) is 12.1 Å². The standard InChI is InChI=1S/C7H4BrF5N2O/c8-2-1-3(16-7(11,12)13)4(5(9)10)15-6(2)14/h1,5H,(H2,14,15). The fourth-order valence-corrected chi connectivity index (χ4v) is 1.16. The molecule has 0 fully saturated rings. The van der Waals surface area contributed by atoms with Gasteiger partial charge in [0.25, 0.3) is 6.43 Å². The molecule has 2 N–H and O–H groups in total. The molecule has 16 heavy (non-hydrogen) atoms. The van der Waals surface area contributed by atoms with Gasteiger partial charge in [0.05, 0.1) is 4.47 Å². The van der Waals surface area contributed by atoms with E-state index in [1.54, 1.807) is 0 Å². The average Bonchev–Trinajstić information content (AvgIpc) is 2.07. The topological polar surface area (TPSA) is 48.1 Å². The van der Waals surface area contributed by atoms with E-state index in [4.69, 9.17) is 5.73 Å². The Morgan fingerprint density at radius 2 is 1.94 bits per heavy atom. The van der Waals surface area contributed by atoms with Gasteiger partial charge in [0.1, 0.15) is 5.82 Å². The van der Waals surface area contributed by atoms with Crippen molar-refractivity contribution in [2.24, 2.45) is 0 Å². The molecule has 0 amide bonds. The molecule has 1 heterocycles. The highest BCUT2D eigenvalue weighted by Crippen LogP contribution is 2.35. The van der Waals surface area contributed by atoms with Crippen LogP contribution in [0.5, 0.6) is 5.75 Å². The number of ether oxygens (including phenoxy) is 1. The average molecular weight is 307 g/mol. The molecule has 0 aromatic carbocycles. The molecule has 90 valence electrons. The van der Waals surface area contributed by atoms with Gasteiger partial charge in [-0.3, -0.25) is 0 Å². The minimum Gasteiger partial charge on any atom is -0.404 e. The summed E-state index contributed by atoms with van der Waals surface area (Å²) in [6.45, 7) is 0. The Morgan fingerprint density at radius 3 is 2.38 bits per heavy atom. The third-order valence-corrected chi connectivity index (χ3v) is 2.06. The first-order chi connectivity index (χ1) is 7.20. The first-order valence-electron chi connectivity index (χ1n) is 3.70. The van der Waals surface area contributed by atoms with Crippen LogP contribution in [0.4, 0.5) is 27.8 Å². The Kier molecular flexibility index (Phi) is 3.56. The number of aromatic nitrogens is 1. The molecule has 1 aromatic heterocycles. The van der Waals surface area contributed by atoms with Gasteiger partial charge < -0.3 is 10.5 Å². The lowest BCUT2D eigenvalue weighted by molar-refractivity contribution is -0.275. The van der Waals surface area contributed by atoms with Gasteiger partial charge in [0.15, 0.2) is 11.4 Å². The van der Waals surface area contributed by atoms with Crippen LogP contribution in [0, 0.1) is 0 Å². The molecule has 3 nitrogen and oxygen atoms in total. The summed E-state index contributed by atoms with van der Waals surface area (Å²) in [5.41, 5.74) is 4.01. The second-order valence-electron chi connectivity index (χ2n) is 2.59. The molecule has 9 heteroatoms. The first-order valence-corrected chi connectivity index (χ1v) is 4.50. The van der Waals surface area contributed by atoms with Gasteiger partial charge in [-0.25, -0.2) is 13.8 Å². The predicted molar refractivity (Wildman–Crippen MR) is 48.0 cm³/mol. The Balaban J connectivity index is 3.20. The van der Waals surface area contributed by atoms with Crippen LogP contribution in [0.3, 0.4) is 0 Å². The number of pyridine rings is 1. The van der Waals surface area contributed by atoms with Gasteiger partial charge in [-0.1, -0.05) is 0 Å². The van der Waals surface area contributed by atoms with Crippen LogP contribution in [0.25, 0.3) is 0 Å². The van der Waals surface area contributed by atoms with E-state index >= 15 is 0 Å². The van der Waals surface area contributed by atoms with Crippen molar-refractivity contribution in [3.05, 3.63) is 16.2 Å². The van der Waals surface area contributed by atoms with E-state index < -0.39 is 24.2 Å². The van der Waals surface area contributed by atoms with Crippen molar-refractivity contribution in [2.75, 3.05) is 5.73 Å². The summed E-state index contributed by atoms with van der Waals surface area (Å²) in [6.07, 6.45) is -8.28. The van der Waals surface area contributed by atoms with Crippen molar-refractivity contribution in [3.63, 3.8) is 0 Å². The van der Waals surface area contributed by atoms with Gasteiger partial charge in [0, 0.05) is 6.07 Å². The van der Waals surface area contributed by atoms with Crippen LogP contribution in [-0.4, -0.2) is 11.3 Å². The molecule has 0 saturated heterocycles. The Bertz CT molecular complexity index is 395. The largest absolute Gasteiger partial charge is 0.573 e. The zero-order valence-electron chi connectivity index (χ0n) is 7.36. The molecule has 0 aliphatic carbocycles. The van der Waals surface area contributed by atoms with E-state index in [1.807, 2.05) is 0 Å². The van der Waals surface area contributed by atoms with Gasteiger partial charge in [-0.15, -0.1) is 13.2 Å². The van der Waals surface area contributed by atoms with E-state index in [-0.39, 0.29) is 10.3 Å². The minimum absolute atomic E-state index is 0.0591. The molecule has 0 aliphatic heterocycles. The van der Waals surface area contributed by atoms with Crippen LogP contribution in [0.2, 0.25) is 0 Å². The number of anilines is 1. The molecule has 0 aliphatic rings. The van der Waals surface area contributed by atoms with Gasteiger partial charge >= 0.3 is 6.36 Å². The highest BCUT2D eigenvalue weighted by Gasteiger charge is 2.34. The van der Waals surface area contributed by atoms with Crippen LogP contribution in [-0.2, 0) is 0 Å². The number of nitrogens with two attached hydrogens (primary N) is 1. The molecule has 0 spiro atoms. The maximum absolute atomic E-state index is 12.3. The number of halogens is 6. The van der Waals surface area contributed by atoms with Crippen molar-refractivity contribution >= 4 is 21.7 Å². The number of nitrogen functional groups attached to an aromatic ring is 1. The molecule has 0 bridgehead atoms. The summed E-state index contributed by atoms with van der Waals surface area (Å²) in [4.78, 5) is 3.11. The van der Waals surface area contributed by atoms with Gasteiger partial charge in [0.2, 0.25) is 0 Å². The zero-order valence-corrected chi connectivity index (χ0v) is 8.94. The van der Waals surface area contributed by atoms with Crippen molar-refractivity contribution in [1.82, 2.24) is 4.98 Å². The second kappa shape index (κ2) is 4.40. The molecule has 0 saturated carbocycles. The first kappa shape index (κ1) is 12.9. The lowest BCUT2D eigenvalue weighted by Gasteiger charge is -2.13.